The fourth-order valence-electron chi connectivity index (χ4n) is 2.47. The van der Waals surface area contributed by atoms with Crippen molar-refractivity contribution in [3.8, 4) is 11.5 Å². The molecule has 1 N–H and O–H groups in total. The fourth-order valence-corrected chi connectivity index (χ4v) is 3.29. The second kappa shape index (κ2) is 6.78. The highest BCUT2D eigenvalue weighted by molar-refractivity contribution is 7.10. The minimum Gasteiger partial charge on any atom is -0.461 e. The van der Waals surface area contributed by atoms with E-state index in [0.29, 0.717) is 18.1 Å². The normalized spacial score (nSPS) is 12.2. The van der Waals surface area contributed by atoms with Crippen molar-refractivity contribution in [2.75, 3.05) is 6.54 Å². The molecule has 4 aromatic heterocycles. The molecule has 0 fully saturated rings. The highest BCUT2D eigenvalue weighted by atomic mass is 32.1. The van der Waals surface area contributed by atoms with Gasteiger partial charge >= 0.3 is 0 Å². The van der Waals surface area contributed by atoms with E-state index in [2.05, 4.69) is 15.6 Å². The highest BCUT2D eigenvalue weighted by Gasteiger charge is 2.19. The smallest absolute Gasteiger partial charge is 0.273 e. The van der Waals surface area contributed by atoms with Gasteiger partial charge in [0, 0.05) is 29.9 Å². The van der Waals surface area contributed by atoms with Crippen molar-refractivity contribution >= 4 is 17.2 Å². The van der Waals surface area contributed by atoms with Crippen molar-refractivity contribution in [3.05, 3.63) is 71.0 Å². The van der Waals surface area contributed by atoms with Crippen LogP contribution in [0.1, 0.15) is 21.4 Å². The lowest BCUT2D eigenvalue weighted by Crippen LogP contribution is -2.31. The van der Waals surface area contributed by atoms with Gasteiger partial charge in [-0.15, -0.1) is 11.3 Å². The van der Waals surface area contributed by atoms with Crippen LogP contribution >= 0.6 is 11.3 Å². The quantitative estimate of drug-likeness (QED) is 0.574. The zero-order chi connectivity index (χ0) is 17.1. The Morgan fingerprint density at radius 3 is 2.96 bits per heavy atom. The predicted molar refractivity (Wildman–Crippen MR) is 91.2 cm³/mol. The number of hydrogen-bond donors (Lipinski definition) is 1. The molecule has 0 spiro atoms. The molecule has 1 atom stereocenters. The zero-order valence-electron chi connectivity index (χ0n) is 13.0. The summed E-state index contributed by atoms with van der Waals surface area (Å²) in [4.78, 5) is 13.5. The molecule has 0 aliphatic carbocycles. The molecule has 1 amide bonds. The molecular formula is C17H14N4O3S. The molecule has 0 aromatic carbocycles. The molecule has 4 heterocycles. The van der Waals surface area contributed by atoms with Crippen LogP contribution in [0.3, 0.4) is 0 Å². The molecule has 4 aromatic rings. The number of carbonyl (C=O) groups is 1. The van der Waals surface area contributed by atoms with Gasteiger partial charge in [0.05, 0.1) is 6.26 Å². The van der Waals surface area contributed by atoms with Gasteiger partial charge in [0.25, 0.3) is 5.91 Å². The number of carbonyl (C=O) groups excluding carboxylic acids is 1. The van der Waals surface area contributed by atoms with E-state index in [1.54, 1.807) is 35.7 Å². The Kier molecular flexibility index (Phi) is 4.17. The molecule has 0 radical (unpaired) electrons. The zero-order valence-corrected chi connectivity index (χ0v) is 13.8. The molecule has 0 bridgehead atoms. The van der Waals surface area contributed by atoms with Crippen LogP contribution in [0.2, 0.25) is 0 Å². The Morgan fingerprint density at radius 1 is 1.28 bits per heavy atom. The van der Waals surface area contributed by atoms with E-state index < -0.39 is 0 Å². The van der Waals surface area contributed by atoms with Crippen LogP contribution in [0.15, 0.2) is 69.4 Å². The van der Waals surface area contributed by atoms with Crippen molar-refractivity contribution in [2.45, 2.75) is 6.04 Å². The first kappa shape index (κ1) is 15.4. The van der Waals surface area contributed by atoms with Crippen LogP contribution in [0.5, 0.6) is 0 Å². The number of furan rings is 1. The topological polar surface area (TPSA) is 86.1 Å². The summed E-state index contributed by atoms with van der Waals surface area (Å²) in [5.41, 5.74) is 0.205. The molecule has 8 heteroatoms. The number of rotatable bonds is 6. The maximum absolute atomic E-state index is 12.4. The van der Waals surface area contributed by atoms with Crippen LogP contribution in [0.25, 0.3) is 11.5 Å². The van der Waals surface area contributed by atoms with Crippen molar-refractivity contribution in [3.63, 3.8) is 0 Å². The molecule has 25 heavy (non-hydrogen) atoms. The number of amides is 1. The van der Waals surface area contributed by atoms with Gasteiger partial charge in [-0.3, -0.25) is 9.48 Å². The minimum atomic E-state index is -0.310. The summed E-state index contributed by atoms with van der Waals surface area (Å²) in [5, 5.41) is 13.0. The van der Waals surface area contributed by atoms with Crippen molar-refractivity contribution < 1.29 is 13.7 Å². The minimum absolute atomic E-state index is 0.0737. The second-order valence-corrected chi connectivity index (χ2v) is 6.26. The van der Waals surface area contributed by atoms with Crippen LogP contribution in [0.4, 0.5) is 0 Å². The lowest BCUT2D eigenvalue weighted by molar-refractivity contribution is 0.0940. The van der Waals surface area contributed by atoms with Crippen LogP contribution in [-0.4, -0.2) is 27.4 Å². The maximum atomic E-state index is 12.4. The van der Waals surface area contributed by atoms with Gasteiger partial charge < -0.3 is 14.3 Å². The Bertz CT molecular complexity index is 893. The van der Waals surface area contributed by atoms with Crippen molar-refractivity contribution in [2.24, 2.45) is 0 Å². The third-order valence-corrected chi connectivity index (χ3v) is 4.65. The van der Waals surface area contributed by atoms with E-state index in [1.165, 1.54) is 6.26 Å². The third kappa shape index (κ3) is 3.24. The number of aromatic nitrogens is 3. The standard InChI is InChI=1S/C17H14N4O3S/c22-17(12-10-15(24-20-12)14-4-1-8-23-14)18-11-13(16-5-2-9-25-16)21-7-3-6-19-21/h1-10,13H,11H2,(H,18,22). The highest BCUT2D eigenvalue weighted by Crippen LogP contribution is 2.23. The number of nitrogens with zero attached hydrogens (tertiary/aromatic N) is 3. The van der Waals surface area contributed by atoms with Crippen molar-refractivity contribution in [1.29, 1.82) is 0 Å². The summed E-state index contributed by atoms with van der Waals surface area (Å²) in [7, 11) is 0. The van der Waals surface area contributed by atoms with Gasteiger partial charge in [0.2, 0.25) is 5.76 Å². The molecule has 7 nitrogen and oxygen atoms in total. The predicted octanol–water partition coefficient (Wildman–Crippen LogP) is 3.21. The van der Waals surface area contributed by atoms with Gasteiger partial charge in [-0.05, 0) is 29.6 Å². The molecule has 1 unspecified atom stereocenters. The number of nitrogens with one attached hydrogen (secondary N) is 1. The van der Waals surface area contributed by atoms with E-state index in [4.69, 9.17) is 8.94 Å². The molecular weight excluding hydrogens is 340 g/mol. The molecule has 4 rings (SSSR count). The van der Waals surface area contributed by atoms with Crippen LogP contribution in [-0.2, 0) is 0 Å². The Morgan fingerprint density at radius 2 is 2.24 bits per heavy atom. The first-order chi connectivity index (χ1) is 12.3. The van der Waals surface area contributed by atoms with Crippen LogP contribution in [0, 0.1) is 0 Å². The van der Waals surface area contributed by atoms with E-state index in [0.717, 1.165) is 4.88 Å². The lowest BCUT2D eigenvalue weighted by Gasteiger charge is -2.16. The molecule has 0 saturated heterocycles. The number of thiophene rings is 1. The summed E-state index contributed by atoms with van der Waals surface area (Å²) in [6, 6.07) is 10.8. The largest absolute Gasteiger partial charge is 0.461 e. The van der Waals surface area contributed by atoms with E-state index in [-0.39, 0.29) is 17.6 Å². The summed E-state index contributed by atoms with van der Waals surface area (Å²) in [5.74, 6) is 0.631. The van der Waals surface area contributed by atoms with Gasteiger partial charge in [-0.25, -0.2) is 0 Å². The molecule has 0 aliphatic heterocycles. The van der Waals surface area contributed by atoms with E-state index in [9.17, 15) is 4.79 Å². The first-order valence-corrected chi connectivity index (χ1v) is 8.50. The number of hydrogen-bond acceptors (Lipinski definition) is 6. The maximum Gasteiger partial charge on any atom is 0.273 e. The third-order valence-electron chi connectivity index (χ3n) is 3.68. The summed E-state index contributed by atoms with van der Waals surface area (Å²) < 4.78 is 12.2. The SMILES string of the molecule is O=C(NCC(c1cccs1)n1cccn1)c1cc(-c2ccco2)on1. The monoisotopic (exact) mass is 354 g/mol. The van der Waals surface area contributed by atoms with Gasteiger partial charge in [-0.2, -0.15) is 5.10 Å². The summed E-state index contributed by atoms with van der Waals surface area (Å²) >= 11 is 1.62. The van der Waals surface area contributed by atoms with Gasteiger partial charge in [0.15, 0.2) is 11.5 Å². The lowest BCUT2D eigenvalue weighted by atomic mass is 10.2. The Hall–Kier alpha value is -3.13. The van der Waals surface area contributed by atoms with Gasteiger partial charge in [-0.1, -0.05) is 11.2 Å². The summed E-state index contributed by atoms with van der Waals surface area (Å²) in [6.45, 7) is 0.393. The average Bonchev–Trinajstić information content (AvgIpc) is 3.43. The second-order valence-electron chi connectivity index (χ2n) is 5.28. The molecule has 0 saturated carbocycles. The Labute approximate surface area is 146 Å². The molecule has 126 valence electrons. The average molecular weight is 354 g/mol. The summed E-state index contributed by atoms with van der Waals surface area (Å²) in [6.07, 6.45) is 5.13. The van der Waals surface area contributed by atoms with E-state index >= 15 is 0 Å². The van der Waals surface area contributed by atoms with Crippen LogP contribution < -0.4 is 5.32 Å². The van der Waals surface area contributed by atoms with E-state index in [1.807, 2.05) is 34.5 Å². The molecule has 0 aliphatic rings. The Balaban J connectivity index is 1.47. The van der Waals surface area contributed by atoms with Crippen molar-refractivity contribution in [1.82, 2.24) is 20.3 Å². The first-order valence-electron chi connectivity index (χ1n) is 7.62. The fraction of sp³-hybridized carbons (Fsp3) is 0.118. The van der Waals surface area contributed by atoms with Gasteiger partial charge in [0.1, 0.15) is 6.04 Å².